The number of aromatic nitrogens is 2. The van der Waals surface area contributed by atoms with E-state index >= 15 is 0 Å². The lowest BCUT2D eigenvalue weighted by molar-refractivity contribution is -0.121. The minimum absolute atomic E-state index is 0.121. The molecule has 2 aliphatic rings. The molecule has 24 heavy (non-hydrogen) atoms. The molecule has 0 saturated heterocycles. The number of rotatable bonds is 5. The Hall–Kier alpha value is -1.49. The number of thioether (sulfide) groups is 1. The van der Waals surface area contributed by atoms with Crippen molar-refractivity contribution in [3.63, 3.8) is 0 Å². The maximum absolute atomic E-state index is 12.6. The molecular formula is C19H25N3OS. The van der Waals surface area contributed by atoms with Crippen LogP contribution in [0.4, 0.5) is 0 Å². The van der Waals surface area contributed by atoms with Crippen molar-refractivity contribution in [1.29, 1.82) is 0 Å². The van der Waals surface area contributed by atoms with E-state index in [2.05, 4.69) is 22.2 Å². The van der Waals surface area contributed by atoms with Gasteiger partial charge >= 0.3 is 0 Å². The summed E-state index contributed by atoms with van der Waals surface area (Å²) in [6.45, 7) is 4.14. The molecule has 2 fully saturated rings. The zero-order valence-electron chi connectivity index (χ0n) is 14.3. The molecule has 2 bridgehead atoms. The topological polar surface area (TPSA) is 57.8 Å². The summed E-state index contributed by atoms with van der Waals surface area (Å²) in [5, 5.41) is 3.92. The van der Waals surface area contributed by atoms with Gasteiger partial charge in [-0.25, -0.2) is 4.98 Å². The molecule has 2 aliphatic carbocycles. The fourth-order valence-electron chi connectivity index (χ4n) is 4.56. The van der Waals surface area contributed by atoms with E-state index in [4.69, 9.17) is 0 Å². The molecule has 1 heterocycles. The van der Waals surface area contributed by atoms with E-state index in [-0.39, 0.29) is 17.2 Å². The predicted octanol–water partition coefficient (Wildman–Crippen LogP) is 3.98. The summed E-state index contributed by atoms with van der Waals surface area (Å²) in [5.41, 5.74) is 1.96. The van der Waals surface area contributed by atoms with E-state index in [1.807, 2.05) is 31.2 Å². The number of benzene rings is 1. The number of nitrogens with one attached hydrogen (secondary N) is 2. The first-order valence-corrected chi connectivity index (χ1v) is 9.90. The molecule has 0 radical (unpaired) electrons. The van der Waals surface area contributed by atoms with E-state index in [0.717, 1.165) is 28.0 Å². The summed E-state index contributed by atoms with van der Waals surface area (Å²) < 4.78 is 0. The Morgan fingerprint density at radius 2 is 2.12 bits per heavy atom. The van der Waals surface area contributed by atoms with E-state index in [1.165, 1.54) is 37.4 Å². The lowest BCUT2D eigenvalue weighted by Gasteiger charge is -2.29. The number of carbonyl (C=O) groups excluding carboxylic acids is 1. The number of nitrogens with zero attached hydrogens (tertiary/aromatic N) is 1. The molecule has 4 rings (SSSR count). The molecule has 1 aromatic heterocycles. The number of hydrogen-bond donors (Lipinski definition) is 2. The van der Waals surface area contributed by atoms with Gasteiger partial charge in [-0.05, 0) is 63.0 Å². The number of fused-ring (bicyclic) bond motifs is 3. The Morgan fingerprint density at radius 1 is 1.29 bits per heavy atom. The average Bonchev–Trinajstić information content (AvgIpc) is 3.28. The van der Waals surface area contributed by atoms with Gasteiger partial charge in [0.15, 0.2) is 5.16 Å². The van der Waals surface area contributed by atoms with Crippen LogP contribution < -0.4 is 5.32 Å². The number of amides is 1. The molecule has 5 heteroatoms. The number of H-pyrrole nitrogens is 1. The van der Waals surface area contributed by atoms with Crippen molar-refractivity contribution in [1.82, 2.24) is 15.3 Å². The quantitative estimate of drug-likeness (QED) is 0.807. The molecule has 0 unspecified atom stereocenters. The SMILES string of the molecule is C[C@H](NC(=O)[C@@H](C)Sc1nc2ccccc2[nH]1)[C@@H]1C[C@@H]2CC[C@@H]1C2. The van der Waals surface area contributed by atoms with Crippen LogP contribution in [0.25, 0.3) is 11.0 Å². The number of hydrogen-bond acceptors (Lipinski definition) is 3. The molecular weight excluding hydrogens is 318 g/mol. The van der Waals surface area contributed by atoms with Crippen LogP contribution >= 0.6 is 11.8 Å². The Bertz CT molecular complexity index is 710. The third-order valence-corrected chi connectivity index (χ3v) is 6.81. The van der Waals surface area contributed by atoms with E-state index < -0.39 is 0 Å². The second-order valence-electron chi connectivity index (χ2n) is 7.46. The second kappa shape index (κ2) is 6.43. The predicted molar refractivity (Wildman–Crippen MR) is 98.0 cm³/mol. The van der Waals surface area contributed by atoms with Gasteiger partial charge in [0.1, 0.15) is 0 Å². The maximum Gasteiger partial charge on any atom is 0.233 e. The van der Waals surface area contributed by atoms with Crippen LogP contribution in [-0.2, 0) is 4.79 Å². The fraction of sp³-hybridized carbons (Fsp3) is 0.579. The summed E-state index contributed by atoms with van der Waals surface area (Å²) in [6, 6.07) is 8.24. The van der Waals surface area contributed by atoms with Crippen molar-refractivity contribution >= 4 is 28.7 Å². The zero-order valence-corrected chi connectivity index (χ0v) is 15.1. The van der Waals surface area contributed by atoms with Gasteiger partial charge in [0.2, 0.25) is 5.91 Å². The van der Waals surface area contributed by atoms with Crippen molar-refractivity contribution in [3.05, 3.63) is 24.3 Å². The van der Waals surface area contributed by atoms with Crippen molar-refractivity contribution in [2.45, 2.75) is 56.0 Å². The summed E-state index contributed by atoms with van der Waals surface area (Å²) in [4.78, 5) is 20.4. The molecule has 4 nitrogen and oxygen atoms in total. The molecule has 1 aromatic carbocycles. The lowest BCUT2D eigenvalue weighted by atomic mass is 9.84. The largest absolute Gasteiger partial charge is 0.352 e. The number of carbonyl (C=O) groups is 1. The van der Waals surface area contributed by atoms with E-state index in [1.54, 1.807) is 0 Å². The zero-order chi connectivity index (χ0) is 16.7. The van der Waals surface area contributed by atoms with Gasteiger partial charge in [0, 0.05) is 6.04 Å². The molecule has 5 atom stereocenters. The fourth-order valence-corrected chi connectivity index (χ4v) is 5.39. The minimum atomic E-state index is -0.147. The Kier molecular flexibility index (Phi) is 4.29. The van der Waals surface area contributed by atoms with Gasteiger partial charge in [0.25, 0.3) is 0 Å². The standard InChI is InChI=1S/C19H25N3OS/c1-11(15-10-13-7-8-14(15)9-13)20-18(23)12(2)24-19-21-16-5-3-4-6-17(16)22-19/h3-6,11-15H,7-10H2,1-2H3,(H,20,23)(H,21,22)/t11-,12+,13+,14+,15-/m0/s1. The van der Waals surface area contributed by atoms with E-state index in [0.29, 0.717) is 5.92 Å². The molecule has 1 amide bonds. The van der Waals surface area contributed by atoms with Crippen LogP contribution in [0.5, 0.6) is 0 Å². The van der Waals surface area contributed by atoms with Gasteiger partial charge in [0.05, 0.1) is 16.3 Å². The number of imidazole rings is 1. The summed E-state index contributed by atoms with van der Waals surface area (Å²) in [7, 11) is 0. The van der Waals surface area contributed by atoms with Crippen molar-refractivity contribution < 1.29 is 4.79 Å². The normalized spacial score (nSPS) is 28.2. The van der Waals surface area contributed by atoms with Crippen LogP contribution in [0.2, 0.25) is 0 Å². The van der Waals surface area contributed by atoms with Gasteiger partial charge < -0.3 is 10.3 Å². The highest BCUT2D eigenvalue weighted by Crippen LogP contribution is 2.49. The lowest BCUT2D eigenvalue weighted by Crippen LogP contribution is -2.43. The molecule has 128 valence electrons. The Labute approximate surface area is 147 Å². The third-order valence-electron chi connectivity index (χ3n) is 5.83. The first-order valence-electron chi connectivity index (χ1n) is 9.02. The smallest absolute Gasteiger partial charge is 0.233 e. The summed E-state index contributed by atoms with van der Waals surface area (Å²) in [6.07, 6.45) is 5.45. The summed E-state index contributed by atoms with van der Waals surface area (Å²) >= 11 is 1.50. The third kappa shape index (κ3) is 3.06. The molecule has 2 N–H and O–H groups in total. The van der Waals surface area contributed by atoms with Crippen LogP contribution in [0.3, 0.4) is 0 Å². The van der Waals surface area contributed by atoms with Crippen LogP contribution in [-0.4, -0.2) is 27.2 Å². The monoisotopic (exact) mass is 343 g/mol. The van der Waals surface area contributed by atoms with Crippen LogP contribution in [0, 0.1) is 17.8 Å². The molecule has 0 spiro atoms. The van der Waals surface area contributed by atoms with Crippen molar-refractivity contribution in [2.24, 2.45) is 17.8 Å². The molecule has 2 saturated carbocycles. The van der Waals surface area contributed by atoms with Crippen molar-refractivity contribution in [2.75, 3.05) is 0 Å². The number of para-hydroxylation sites is 2. The first kappa shape index (κ1) is 16.0. The Balaban J connectivity index is 1.35. The average molecular weight is 343 g/mol. The first-order chi connectivity index (χ1) is 11.6. The van der Waals surface area contributed by atoms with Gasteiger partial charge in [-0.1, -0.05) is 30.3 Å². The molecule has 0 aliphatic heterocycles. The highest BCUT2D eigenvalue weighted by Gasteiger charge is 2.42. The second-order valence-corrected chi connectivity index (χ2v) is 8.78. The van der Waals surface area contributed by atoms with Crippen LogP contribution in [0.15, 0.2) is 29.4 Å². The summed E-state index contributed by atoms with van der Waals surface area (Å²) in [5.74, 6) is 2.55. The van der Waals surface area contributed by atoms with Gasteiger partial charge in [-0.2, -0.15) is 0 Å². The maximum atomic E-state index is 12.6. The molecule has 2 aromatic rings. The van der Waals surface area contributed by atoms with Crippen molar-refractivity contribution in [3.8, 4) is 0 Å². The highest BCUT2D eigenvalue weighted by molar-refractivity contribution is 8.00. The van der Waals surface area contributed by atoms with Crippen LogP contribution in [0.1, 0.15) is 39.5 Å². The highest BCUT2D eigenvalue weighted by atomic mass is 32.2. The number of aromatic amines is 1. The van der Waals surface area contributed by atoms with Gasteiger partial charge in [-0.15, -0.1) is 0 Å². The van der Waals surface area contributed by atoms with E-state index in [9.17, 15) is 4.79 Å². The Morgan fingerprint density at radius 3 is 2.83 bits per heavy atom. The minimum Gasteiger partial charge on any atom is -0.352 e. The van der Waals surface area contributed by atoms with Gasteiger partial charge in [-0.3, -0.25) is 4.79 Å².